The fourth-order valence-electron chi connectivity index (χ4n) is 15.2. The van der Waals surface area contributed by atoms with Crippen LogP contribution in [0.4, 0.5) is 34.1 Å². The van der Waals surface area contributed by atoms with Crippen molar-refractivity contribution in [3.8, 4) is 78.6 Å². The molecule has 0 aromatic heterocycles. The SMILES string of the molecule is c1ccc(-c2ccc(N3c4ccc(-c5ccccc5)cc4C4(c5ccccc5Oc5ccccc54)c4cc(-c5ccc6c(c5)C5(c7ccccc7Oc7ccccc75)c5cc(-c7ccccc7)ccc5N6c5ccc(-c6ccccc6)cc5)ccc43)cc2)cc1. The molecule has 4 aliphatic heterocycles. The predicted octanol–water partition coefficient (Wildman–Crippen LogP) is 22.6. The van der Waals surface area contributed by atoms with Crippen molar-refractivity contribution in [2.45, 2.75) is 10.8 Å². The molecule has 2 spiro atoms. The third-order valence-electron chi connectivity index (χ3n) is 19.2. The summed E-state index contributed by atoms with van der Waals surface area (Å²) < 4.78 is 14.1. The molecule has 0 radical (unpaired) electrons. The topological polar surface area (TPSA) is 24.9 Å². The van der Waals surface area contributed by atoms with Crippen molar-refractivity contribution in [1.82, 2.24) is 0 Å². The first kappa shape index (κ1) is 51.5. The van der Waals surface area contributed by atoms with Crippen molar-refractivity contribution in [1.29, 1.82) is 0 Å². The van der Waals surface area contributed by atoms with Gasteiger partial charge in [0.05, 0.1) is 33.6 Å². The van der Waals surface area contributed by atoms with Crippen LogP contribution < -0.4 is 19.3 Å². The van der Waals surface area contributed by atoms with E-state index in [1.807, 2.05) is 0 Å². The van der Waals surface area contributed by atoms with Gasteiger partial charge in [0.15, 0.2) is 0 Å². The molecule has 0 aliphatic carbocycles. The van der Waals surface area contributed by atoms with Gasteiger partial charge < -0.3 is 19.3 Å². The van der Waals surface area contributed by atoms with Crippen LogP contribution >= 0.6 is 0 Å². The molecule has 14 aromatic carbocycles. The van der Waals surface area contributed by atoms with Crippen LogP contribution in [0.2, 0.25) is 0 Å². The van der Waals surface area contributed by atoms with Gasteiger partial charge in [0.25, 0.3) is 0 Å². The van der Waals surface area contributed by atoms with Crippen molar-refractivity contribution < 1.29 is 9.47 Å². The van der Waals surface area contributed by atoms with E-state index in [0.717, 1.165) is 135 Å². The number of benzene rings is 14. The number of hydrogen-bond acceptors (Lipinski definition) is 4. The Bertz CT molecular complexity index is 4700. The summed E-state index contributed by atoms with van der Waals surface area (Å²) in [7, 11) is 0. The Kier molecular flexibility index (Phi) is 11.7. The van der Waals surface area contributed by atoms with E-state index in [1.165, 1.54) is 22.3 Å². The van der Waals surface area contributed by atoms with Crippen LogP contribution in [-0.2, 0) is 10.8 Å². The van der Waals surface area contributed by atoms with Crippen LogP contribution in [0.5, 0.6) is 23.0 Å². The van der Waals surface area contributed by atoms with E-state index in [-0.39, 0.29) is 0 Å². The highest BCUT2D eigenvalue weighted by Crippen LogP contribution is 2.66. The van der Waals surface area contributed by atoms with Gasteiger partial charge in [-0.1, -0.05) is 243 Å². The predicted molar refractivity (Wildman–Crippen MR) is 367 cm³/mol. The van der Waals surface area contributed by atoms with Gasteiger partial charge in [-0.05, 0) is 175 Å². The Balaban J connectivity index is 0.924. The second-order valence-corrected chi connectivity index (χ2v) is 23.8. The smallest absolute Gasteiger partial charge is 0.132 e. The lowest BCUT2D eigenvalue weighted by Crippen LogP contribution is -2.40. The number of anilines is 6. The fourth-order valence-corrected chi connectivity index (χ4v) is 15.2. The maximum absolute atomic E-state index is 7.03. The molecular weight excluding hydrogens is 1090 g/mol. The van der Waals surface area contributed by atoms with E-state index in [9.17, 15) is 0 Å². The van der Waals surface area contributed by atoms with Crippen LogP contribution in [0.15, 0.2) is 340 Å². The average molecular weight is 1150 g/mol. The Morgan fingerprint density at radius 3 is 0.667 bits per heavy atom. The summed E-state index contributed by atoms with van der Waals surface area (Å²) in [5.74, 6) is 3.34. The summed E-state index contributed by atoms with van der Waals surface area (Å²) in [6, 6.07) is 125. The molecule has 4 nitrogen and oxygen atoms in total. The molecule has 0 amide bonds. The molecule has 90 heavy (non-hydrogen) atoms. The highest BCUT2D eigenvalue weighted by atomic mass is 16.5. The molecule has 4 heteroatoms. The van der Waals surface area contributed by atoms with Crippen LogP contribution in [0.1, 0.15) is 44.5 Å². The number of ether oxygens (including phenoxy) is 2. The molecule has 0 bridgehead atoms. The Morgan fingerprint density at radius 2 is 0.389 bits per heavy atom. The number of fused-ring (bicyclic) bond motifs is 16. The van der Waals surface area contributed by atoms with Gasteiger partial charge in [-0.25, -0.2) is 0 Å². The van der Waals surface area contributed by atoms with Crippen LogP contribution in [0.25, 0.3) is 55.6 Å². The third kappa shape index (κ3) is 7.74. The van der Waals surface area contributed by atoms with E-state index in [1.54, 1.807) is 0 Å². The van der Waals surface area contributed by atoms with Crippen molar-refractivity contribution in [3.05, 3.63) is 384 Å². The van der Waals surface area contributed by atoms with Gasteiger partial charge in [-0.3, -0.25) is 0 Å². The lowest BCUT2D eigenvalue weighted by atomic mass is 9.60. The second kappa shape index (κ2) is 20.5. The average Bonchev–Trinajstić information content (AvgIpc) is 0.689. The number of hydrogen-bond donors (Lipinski definition) is 0. The maximum Gasteiger partial charge on any atom is 0.132 e. The molecule has 0 fully saturated rings. The third-order valence-corrected chi connectivity index (χ3v) is 19.2. The summed E-state index contributed by atoms with van der Waals surface area (Å²) in [6.45, 7) is 0. The minimum absolute atomic E-state index is 0.835. The Morgan fingerprint density at radius 1 is 0.178 bits per heavy atom. The summed E-state index contributed by atoms with van der Waals surface area (Å²) in [6.07, 6.45) is 0. The van der Waals surface area contributed by atoms with Crippen molar-refractivity contribution in [3.63, 3.8) is 0 Å². The first-order valence-electron chi connectivity index (χ1n) is 31.0. The van der Waals surface area contributed by atoms with Gasteiger partial charge in [-0.2, -0.15) is 0 Å². The molecule has 0 saturated carbocycles. The molecule has 0 N–H and O–H groups in total. The van der Waals surface area contributed by atoms with Crippen molar-refractivity contribution in [2.24, 2.45) is 0 Å². The molecule has 422 valence electrons. The van der Waals surface area contributed by atoms with E-state index >= 15 is 0 Å². The minimum Gasteiger partial charge on any atom is -0.457 e. The molecule has 0 atom stereocenters. The zero-order chi connectivity index (χ0) is 59.3. The number of rotatable bonds is 7. The van der Waals surface area contributed by atoms with Crippen LogP contribution in [-0.4, -0.2) is 0 Å². The molecule has 4 heterocycles. The van der Waals surface area contributed by atoms with Crippen LogP contribution in [0.3, 0.4) is 0 Å². The molecule has 18 rings (SSSR count). The first-order valence-corrected chi connectivity index (χ1v) is 31.0. The van der Waals surface area contributed by atoms with Gasteiger partial charge >= 0.3 is 0 Å². The van der Waals surface area contributed by atoms with E-state index in [4.69, 9.17) is 9.47 Å². The van der Waals surface area contributed by atoms with Gasteiger partial charge in [0, 0.05) is 33.6 Å². The van der Waals surface area contributed by atoms with Crippen molar-refractivity contribution in [2.75, 3.05) is 9.80 Å². The first-order chi connectivity index (χ1) is 44.6. The Labute approximate surface area is 524 Å². The van der Waals surface area contributed by atoms with Gasteiger partial charge in [0.2, 0.25) is 0 Å². The van der Waals surface area contributed by atoms with Gasteiger partial charge in [-0.15, -0.1) is 0 Å². The monoisotopic (exact) mass is 1150 g/mol. The molecule has 0 unspecified atom stereocenters. The largest absolute Gasteiger partial charge is 0.457 e. The molecule has 14 aromatic rings. The van der Waals surface area contributed by atoms with E-state index in [2.05, 4.69) is 350 Å². The highest BCUT2D eigenvalue weighted by molar-refractivity contribution is 5.97. The zero-order valence-electron chi connectivity index (χ0n) is 49.0. The molecule has 4 aliphatic rings. The summed E-state index contributed by atoms with van der Waals surface area (Å²) in [4.78, 5) is 4.98. The quantitative estimate of drug-likeness (QED) is 0.159. The van der Waals surface area contributed by atoms with Crippen LogP contribution in [0, 0.1) is 0 Å². The van der Waals surface area contributed by atoms with E-state index < -0.39 is 10.8 Å². The zero-order valence-corrected chi connectivity index (χ0v) is 49.0. The van der Waals surface area contributed by atoms with E-state index in [0.29, 0.717) is 0 Å². The Hall–Kier alpha value is -11.7. The second-order valence-electron chi connectivity index (χ2n) is 23.8. The summed E-state index contributed by atoms with van der Waals surface area (Å²) in [5, 5.41) is 0. The van der Waals surface area contributed by atoms with Crippen molar-refractivity contribution >= 4 is 34.1 Å². The standard InChI is InChI=1S/C86H56N2O2/c1-5-21-57(22-6-1)61-37-45-67(46-38-61)87-77-49-41-63(59-25-9-3-10-26-59)53-73(77)85(69-29-13-17-33-81(69)89-82-34-18-14-30-70(82)85)75-55-65(43-51-79(75)87)66-44-52-80-76(56-66)86(71-31-15-19-35-83(71)90-84-36-20-16-32-72(84)86)74-54-64(60-27-11-4-12-28-60)42-50-78(74)88(80)68-47-39-62(40-48-68)58-23-7-2-8-24-58/h1-56H. The molecular formula is C86H56N2O2. The summed E-state index contributed by atoms with van der Waals surface area (Å²) in [5.41, 5.74) is 25.3. The van der Waals surface area contributed by atoms with Gasteiger partial charge in [0.1, 0.15) is 23.0 Å². The summed E-state index contributed by atoms with van der Waals surface area (Å²) >= 11 is 0. The number of nitrogens with zero attached hydrogens (tertiary/aromatic N) is 2. The lowest BCUT2D eigenvalue weighted by molar-refractivity contribution is 0.433. The maximum atomic E-state index is 7.03. The number of para-hydroxylation sites is 4. The molecule has 0 saturated heterocycles. The lowest BCUT2D eigenvalue weighted by Gasteiger charge is -2.49. The minimum atomic E-state index is -0.846. The normalized spacial score (nSPS) is 13.9. The highest BCUT2D eigenvalue weighted by Gasteiger charge is 2.54. The fraction of sp³-hybridized carbons (Fsp3) is 0.0233.